The van der Waals surface area contributed by atoms with Crippen LogP contribution in [0.2, 0.25) is 0 Å². The lowest BCUT2D eigenvalue weighted by Gasteiger charge is -2.19. The topological polar surface area (TPSA) is 59.3 Å². The third-order valence-electron chi connectivity index (χ3n) is 5.00. The zero-order valence-electron chi connectivity index (χ0n) is 17.5. The largest absolute Gasteiger partial charge is 0.306 e. The molecule has 5 nitrogen and oxygen atoms in total. The van der Waals surface area contributed by atoms with Crippen molar-refractivity contribution < 1.29 is 4.79 Å². The maximum Gasteiger partial charge on any atom is 0.256 e. The van der Waals surface area contributed by atoms with E-state index >= 15 is 0 Å². The number of rotatable bonds is 4. The second-order valence-electron chi connectivity index (χ2n) is 8.14. The fraction of sp³-hybridized carbons (Fsp3) is 0.208. The number of amides is 1. The van der Waals surface area contributed by atoms with Gasteiger partial charge in [-0.25, -0.2) is 9.50 Å². The Bertz CT molecular complexity index is 1190. The van der Waals surface area contributed by atoms with Gasteiger partial charge in [-0.2, -0.15) is 5.10 Å². The van der Waals surface area contributed by atoms with Gasteiger partial charge >= 0.3 is 0 Å². The molecule has 2 heterocycles. The molecule has 152 valence electrons. The van der Waals surface area contributed by atoms with Gasteiger partial charge in [0.25, 0.3) is 5.91 Å². The summed E-state index contributed by atoms with van der Waals surface area (Å²) in [5.74, 6) is 0.312. The minimum absolute atomic E-state index is 0.0460. The average Bonchev–Trinajstić information content (AvgIpc) is 3.21. The molecule has 30 heavy (non-hydrogen) atoms. The first-order chi connectivity index (χ1) is 14.3. The highest BCUT2D eigenvalue weighted by Crippen LogP contribution is 2.26. The second-order valence-corrected chi connectivity index (χ2v) is 9.02. The van der Waals surface area contributed by atoms with E-state index in [9.17, 15) is 4.79 Å². The van der Waals surface area contributed by atoms with Crippen LogP contribution in [0.5, 0.6) is 0 Å². The molecule has 0 aliphatic heterocycles. The number of carbonyl (C=O) groups is 1. The molecule has 6 heteroatoms. The van der Waals surface area contributed by atoms with E-state index < -0.39 is 0 Å². The van der Waals surface area contributed by atoms with E-state index in [0.717, 1.165) is 11.3 Å². The molecule has 0 unspecified atom stereocenters. The first-order valence-electron chi connectivity index (χ1n) is 9.76. The minimum atomic E-state index is -0.185. The summed E-state index contributed by atoms with van der Waals surface area (Å²) in [6.45, 7) is 6.46. The van der Waals surface area contributed by atoms with Crippen LogP contribution in [0.4, 0.5) is 5.82 Å². The van der Waals surface area contributed by atoms with Crippen LogP contribution >= 0.6 is 11.8 Å². The number of anilines is 1. The predicted octanol–water partition coefficient (Wildman–Crippen LogP) is 5.67. The molecule has 0 aliphatic carbocycles. The summed E-state index contributed by atoms with van der Waals surface area (Å²) in [6.07, 6.45) is 3.76. The lowest BCUT2D eigenvalue weighted by molar-refractivity contribution is 0.102. The van der Waals surface area contributed by atoms with Crippen LogP contribution < -0.4 is 5.32 Å². The number of fused-ring (bicyclic) bond motifs is 1. The Morgan fingerprint density at radius 1 is 1.00 bits per heavy atom. The molecule has 2 aromatic carbocycles. The smallest absolute Gasteiger partial charge is 0.256 e. The lowest BCUT2D eigenvalue weighted by atomic mass is 9.87. The van der Waals surface area contributed by atoms with E-state index in [1.807, 2.05) is 36.4 Å². The zero-order chi connectivity index (χ0) is 21.3. The van der Waals surface area contributed by atoms with Crippen molar-refractivity contribution in [3.63, 3.8) is 0 Å². The van der Waals surface area contributed by atoms with Gasteiger partial charge in [-0.15, -0.1) is 11.8 Å². The Morgan fingerprint density at radius 2 is 1.70 bits per heavy atom. The van der Waals surface area contributed by atoms with Crippen molar-refractivity contribution in [2.24, 2.45) is 0 Å². The van der Waals surface area contributed by atoms with Crippen molar-refractivity contribution in [3.05, 3.63) is 78.0 Å². The molecule has 0 aliphatic rings. The maximum atomic E-state index is 12.8. The summed E-state index contributed by atoms with van der Waals surface area (Å²) in [5.41, 5.74) is 4.40. The van der Waals surface area contributed by atoms with Gasteiger partial charge in [0, 0.05) is 28.2 Å². The fourth-order valence-electron chi connectivity index (χ4n) is 3.25. The summed E-state index contributed by atoms with van der Waals surface area (Å²) in [7, 11) is 0. The summed E-state index contributed by atoms with van der Waals surface area (Å²) in [4.78, 5) is 18.5. The van der Waals surface area contributed by atoms with Crippen molar-refractivity contribution in [2.45, 2.75) is 31.1 Å². The first-order valence-corrected chi connectivity index (χ1v) is 11.0. The molecule has 2 aromatic heterocycles. The molecule has 0 bridgehead atoms. The van der Waals surface area contributed by atoms with Crippen molar-refractivity contribution in [1.82, 2.24) is 14.6 Å². The highest BCUT2D eigenvalue weighted by Gasteiger charge is 2.15. The molecular weight excluding hydrogens is 392 g/mol. The Balaban J connectivity index is 1.65. The van der Waals surface area contributed by atoms with Crippen LogP contribution in [0.3, 0.4) is 0 Å². The van der Waals surface area contributed by atoms with Crippen LogP contribution in [0.15, 0.2) is 71.8 Å². The van der Waals surface area contributed by atoms with Crippen molar-refractivity contribution in [2.75, 3.05) is 11.6 Å². The van der Waals surface area contributed by atoms with Gasteiger partial charge in [0.1, 0.15) is 5.82 Å². The van der Waals surface area contributed by atoms with Gasteiger partial charge in [0.05, 0.1) is 11.9 Å². The second kappa shape index (κ2) is 7.95. The van der Waals surface area contributed by atoms with Crippen molar-refractivity contribution in [1.29, 1.82) is 0 Å². The number of hydrogen-bond donors (Lipinski definition) is 1. The molecule has 1 N–H and O–H groups in total. The fourth-order valence-corrected chi connectivity index (χ4v) is 3.66. The van der Waals surface area contributed by atoms with Crippen LogP contribution in [-0.4, -0.2) is 26.8 Å². The third kappa shape index (κ3) is 4.09. The molecule has 0 saturated heterocycles. The van der Waals surface area contributed by atoms with Crippen LogP contribution in [0.1, 0.15) is 36.7 Å². The number of benzene rings is 2. The van der Waals surface area contributed by atoms with Crippen molar-refractivity contribution >= 4 is 29.1 Å². The molecule has 0 radical (unpaired) electrons. The molecule has 0 atom stereocenters. The normalized spacial score (nSPS) is 11.6. The highest BCUT2D eigenvalue weighted by atomic mass is 32.2. The summed E-state index contributed by atoms with van der Waals surface area (Å²) in [6, 6.07) is 19.7. The number of carbonyl (C=O) groups excluding carboxylic acids is 1. The number of aromatic nitrogens is 3. The van der Waals surface area contributed by atoms with Gasteiger partial charge in [0.15, 0.2) is 5.65 Å². The SMILES string of the molecule is CSc1ccc(-c2cc(NC(=O)c3ccc(C(C)(C)C)cc3)nc3ccnn23)cc1. The minimum Gasteiger partial charge on any atom is -0.306 e. The van der Waals surface area contributed by atoms with E-state index in [-0.39, 0.29) is 11.3 Å². The van der Waals surface area contributed by atoms with Crippen molar-refractivity contribution in [3.8, 4) is 11.3 Å². The van der Waals surface area contributed by atoms with Crippen LogP contribution in [0, 0.1) is 0 Å². The number of nitrogens with zero attached hydrogens (tertiary/aromatic N) is 3. The quantitative estimate of drug-likeness (QED) is 0.436. The Morgan fingerprint density at radius 3 is 2.33 bits per heavy atom. The third-order valence-corrected chi connectivity index (χ3v) is 5.74. The number of thioether (sulfide) groups is 1. The summed E-state index contributed by atoms with van der Waals surface area (Å²) < 4.78 is 1.78. The van der Waals surface area contributed by atoms with Gasteiger partial charge in [0.2, 0.25) is 0 Å². The van der Waals surface area contributed by atoms with E-state index in [1.165, 1.54) is 10.5 Å². The van der Waals surface area contributed by atoms with E-state index in [4.69, 9.17) is 0 Å². The van der Waals surface area contributed by atoms with Crippen LogP contribution in [0.25, 0.3) is 16.9 Å². The monoisotopic (exact) mass is 416 g/mol. The van der Waals surface area contributed by atoms with E-state index in [2.05, 4.69) is 66.7 Å². The molecule has 4 rings (SSSR count). The number of hydrogen-bond acceptors (Lipinski definition) is 4. The Hall–Kier alpha value is -3.12. The van der Waals surface area contributed by atoms with E-state index in [1.54, 1.807) is 22.5 Å². The van der Waals surface area contributed by atoms with Gasteiger partial charge < -0.3 is 5.32 Å². The summed E-state index contributed by atoms with van der Waals surface area (Å²) in [5, 5.41) is 7.32. The maximum absolute atomic E-state index is 12.8. The predicted molar refractivity (Wildman–Crippen MR) is 123 cm³/mol. The molecule has 0 fully saturated rings. The first kappa shape index (κ1) is 20.2. The highest BCUT2D eigenvalue weighted by molar-refractivity contribution is 7.98. The summed E-state index contributed by atoms with van der Waals surface area (Å²) >= 11 is 1.70. The standard InChI is InChI=1S/C24H24N4OS/c1-24(2,3)18-9-5-17(6-10-18)23(29)27-21-15-20(28-22(26-21)13-14-25-28)16-7-11-19(30-4)12-8-16/h5-15H,1-4H3,(H,26,27,29). The van der Waals surface area contributed by atoms with Gasteiger partial charge in [-0.1, -0.05) is 45.0 Å². The average molecular weight is 417 g/mol. The molecule has 0 spiro atoms. The molecule has 1 amide bonds. The molecule has 4 aromatic rings. The molecule has 0 saturated carbocycles. The van der Waals surface area contributed by atoms with E-state index in [0.29, 0.717) is 17.0 Å². The zero-order valence-corrected chi connectivity index (χ0v) is 18.3. The van der Waals surface area contributed by atoms with Gasteiger partial charge in [-0.05, 0) is 41.5 Å². The molecular formula is C24H24N4OS. The number of nitrogens with one attached hydrogen (secondary N) is 1. The van der Waals surface area contributed by atoms with Crippen LogP contribution in [-0.2, 0) is 5.41 Å². The Labute approximate surface area is 180 Å². The van der Waals surface area contributed by atoms with Gasteiger partial charge in [-0.3, -0.25) is 4.79 Å². The lowest BCUT2D eigenvalue weighted by Crippen LogP contribution is -2.15. The Kier molecular flexibility index (Phi) is 5.35.